The lowest BCUT2D eigenvalue weighted by molar-refractivity contribution is 0.380. The van der Waals surface area contributed by atoms with Crippen LogP contribution >= 0.6 is 0 Å². The van der Waals surface area contributed by atoms with E-state index in [0.29, 0.717) is 0 Å². The molecule has 0 aliphatic carbocycles. The van der Waals surface area contributed by atoms with Crippen LogP contribution < -0.4 is 0 Å². The largest absolute Gasteiger partial charge is 0.361 e. The van der Waals surface area contributed by atoms with Gasteiger partial charge in [-0.1, -0.05) is 87.4 Å². The molecule has 1 aromatic heterocycles. The second kappa shape index (κ2) is 9.38. The summed E-state index contributed by atoms with van der Waals surface area (Å²) in [6, 6.07) is 12.3. The zero-order valence-electron chi connectivity index (χ0n) is 13.2. The van der Waals surface area contributed by atoms with E-state index >= 15 is 0 Å². The molecule has 21 heavy (non-hydrogen) atoms. The van der Waals surface area contributed by atoms with E-state index < -0.39 is 0 Å². The molecule has 2 rings (SSSR count). The van der Waals surface area contributed by atoms with E-state index in [4.69, 9.17) is 4.52 Å². The molecule has 2 aromatic rings. The molecule has 0 saturated heterocycles. The molecule has 0 bridgehead atoms. The first-order valence-electron chi connectivity index (χ1n) is 8.41. The van der Waals surface area contributed by atoms with Gasteiger partial charge in [0.1, 0.15) is 11.5 Å². The van der Waals surface area contributed by atoms with E-state index in [0.717, 1.165) is 23.4 Å². The lowest BCUT2D eigenvalue weighted by Gasteiger charge is -2.00. The van der Waals surface area contributed by atoms with Crippen LogP contribution in [-0.2, 0) is 6.42 Å². The van der Waals surface area contributed by atoms with Crippen molar-refractivity contribution >= 4 is 0 Å². The molecule has 1 aromatic carbocycles. The molecule has 0 aliphatic heterocycles. The van der Waals surface area contributed by atoms with Gasteiger partial charge in [0.05, 0.1) is 0 Å². The van der Waals surface area contributed by atoms with Crippen LogP contribution in [0, 0.1) is 0 Å². The van der Waals surface area contributed by atoms with Gasteiger partial charge in [-0.2, -0.15) is 0 Å². The van der Waals surface area contributed by atoms with E-state index in [9.17, 15) is 0 Å². The number of benzene rings is 1. The van der Waals surface area contributed by atoms with Crippen molar-refractivity contribution in [2.24, 2.45) is 0 Å². The smallest absolute Gasteiger partial charge is 0.137 e. The fourth-order valence-electron chi connectivity index (χ4n) is 2.61. The molecule has 0 aliphatic rings. The van der Waals surface area contributed by atoms with Crippen molar-refractivity contribution in [3.8, 4) is 11.3 Å². The molecule has 0 atom stereocenters. The minimum absolute atomic E-state index is 0.949. The van der Waals surface area contributed by atoms with Crippen molar-refractivity contribution in [2.45, 2.75) is 64.7 Å². The van der Waals surface area contributed by atoms with Crippen LogP contribution in [0.15, 0.2) is 40.9 Å². The zero-order valence-corrected chi connectivity index (χ0v) is 13.2. The summed E-state index contributed by atoms with van der Waals surface area (Å²) < 4.78 is 5.43. The average molecular weight is 285 g/mol. The lowest BCUT2D eigenvalue weighted by Crippen LogP contribution is -1.84. The topological polar surface area (TPSA) is 26.0 Å². The van der Waals surface area contributed by atoms with Crippen molar-refractivity contribution in [1.82, 2.24) is 5.16 Å². The Bertz CT molecular complexity index is 489. The zero-order chi connectivity index (χ0) is 14.8. The Morgan fingerprint density at radius 1 is 0.857 bits per heavy atom. The van der Waals surface area contributed by atoms with E-state index in [1.54, 1.807) is 0 Å². The molecule has 0 fully saturated rings. The third-order valence-electron chi connectivity index (χ3n) is 3.91. The number of nitrogens with zero attached hydrogens (tertiary/aromatic N) is 1. The summed E-state index contributed by atoms with van der Waals surface area (Å²) in [6.45, 7) is 2.26. The molecule has 0 spiro atoms. The van der Waals surface area contributed by atoms with Gasteiger partial charge in [0.2, 0.25) is 0 Å². The van der Waals surface area contributed by atoms with Gasteiger partial charge < -0.3 is 4.52 Å². The predicted molar refractivity (Wildman–Crippen MR) is 88.3 cm³/mol. The molecule has 0 saturated carbocycles. The lowest BCUT2D eigenvalue weighted by atomic mass is 10.1. The Labute approximate surface area is 128 Å². The monoisotopic (exact) mass is 285 g/mol. The standard InChI is InChI=1S/C19H27NO/c1-2-3-4-5-6-7-8-12-15-18-16-19(20-21-18)17-13-10-9-11-14-17/h9-11,13-14,16H,2-8,12,15H2,1H3. The van der Waals surface area contributed by atoms with Crippen LogP contribution in [0.1, 0.15) is 64.1 Å². The molecule has 0 radical (unpaired) electrons. The Morgan fingerprint density at radius 2 is 1.52 bits per heavy atom. The molecule has 2 nitrogen and oxygen atoms in total. The highest BCUT2D eigenvalue weighted by atomic mass is 16.5. The summed E-state index contributed by atoms with van der Waals surface area (Å²) in [7, 11) is 0. The first-order chi connectivity index (χ1) is 10.4. The third kappa shape index (κ3) is 5.74. The maximum Gasteiger partial charge on any atom is 0.137 e. The van der Waals surface area contributed by atoms with Crippen molar-refractivity contribution in [3.63, 3.8) is 0 Å². The van der Waals surface area contributed by atoms with E-state index in [2.05, 4.69) is 30.3 Å². The number of rotatable bonds is 10. The van der Waals surface area contributed by atoms with Crippen molar-refractivity contribution in [2.75, 3.05) is 0 Å². The van der Waals surface area contributed by atoms with Gasteiger partial charge in [-0.25, -0.2) is 0 Å². The normalized spacial score (nSPS) is 10.9. The summed E-state index contributed by atoms with van der Waals surface area (Å²) in [6.07, 6.45) is 11.8. The quantitative estimate of drug-likeness (QED) is 0.498. The molecular weight excluding hydrogens is 258 g/mol. The van der Waals surface area contributed by atoms with Gasteiger partial charge in [0, 0.05) is 18.1 Å². The van der Waals surface area contributed by atoms with Crippen molar-refractivity contribution in [3.05, 3.63) is 42.2 Å². The molecule has 1 heterocycles. The number of unbranched alkanes of at least 4 members (excludes halogenated alkanes) is 7. The van der Waals surface area contributed by atoms with Crippen molar-refractivity contribution < 1.29 is 4.52 Å². The summed E-state index contributed by atoms with van der Waals surface area (Å²) in [4.78, 5) is 0. The molecule has 114 valence electrons. The summed E-state index contributed by atoms with van der Waals surface area (Å²) in [5.74, 6) is 1.01. The van der Waals surface area contributed by atoms with Crippen LogP contribution in [0.2, 0.25) is 0 Å². The highest BCUT2D eigenvalue weighted by molar-refractivity contribution is 5.58. The Hall–Kier alpha value is -1.57. The van der Waals surface area contributed by atoms with Crippen LogP contribution in [0.3, 0.4) is 0 Å². The van der Waals surface area contributed by atoms with Gasteiger partial charge >= 0.3 is 0 Å². The van der Waals surface area contributed by atoms with E-state index in [1.807, 2.05) is 18.2 Å². The van der Waals surface area contributed by atoms with Gasteiger partial charge in [-0.05, 0) is 6.42 Å². The SMILES string of the molecule is CCCCCCCCCCc1cc(-c2ccccc2)no1. The van der Waals surface area contributed by atoms with Gasteiger partial charge in [0.15, 0.2) is 0 Å². The van der Waals surface area contributed by atoms with E-state index in [1.165, 1.54) is 51.4 Å². The fourth-order valence-corrected chi connectivity index (χ4v) is 2.61. The van der Waals surface area contributed by atoms with Gasteiger partial charge in [-0.15, -0.1) is 0 Å². The molecule has 0 N–H and O–H groups in total. The minimum Gasteiger partial charge on any atom is -0.361 e. The number of hydrogen-bond acceptors (Lipinski definition) is 2. The Morgan fingerprint density at radius 3 is 2.24 bits per heavy atom. The van der Waals surface area contributed by atoms with Gasteiger partial charge in [0.25, 0.3) is 0 Å². The molecular formula is C19H27NO. The summed E-state index contributed by atoms with van der Waals surface area (Å²) in [5.41, 5.74) is 2.08. The highest BCUT2D eigenvalue weighted by Crippen LogP contribution is 2.20. The predicted octanol–water partition coefficient (Wildman–Crippen LogP) is 6.02. The number of aryl methyl sites for hydroxylation is 1. The second-order valence-electron chi connectivity index (χ2n) is 5.77. The highest BCUT2D eigenvalue weighted by Gasteiger charge is 2.05. The first-order valence-corrected chi connectivity index (χ1v) is 8.41. The third-order valence-corrected chi connectivity index (χ3v) is 3.91. The van der Waals surface area contributed by atoms with Crippen LogP contribution in [0.25, 0.3) is 11.3 Å². The average Bonchev–Trinajstić information content (AvgIpc) is 3.00. The summed E-state index contributed by atoms with van der Waals surface area (Å²) in [5, 5.41) is 4.16. The second-order valence-corrected chi connectivity index (χ2v) is 5.77. The Kier molecular flexibility index (Phi) is 7.06. The van der Waals surface area contributed by atoms with Crippen LogP contribution in [0.4, 0.5) is 0 Å². The fraction of sp³-hybridized carbons (Fsp3) is 0.526. The van der Waals surface area contributed by atoms with Gasteiger partial charge in [-0.3, -0.25) is 0 Å². The van der Waals surface area contributed by atoms with Crippen LogP contribution in [-0.4, -0.2) is 5.16 Å². The Balaban J connectivity index is 1.63. The van der Waals surface area contributed by atoms with E-state index in [-0.39, 0.29) is 0 Å². The molecule has 2 heteroatoms. The van der Waals surface area contributed by atoms with Crippen molar-refractivity contribution in [1.29, 1.82) is 0 Å². The number of aromatic nitrogens is 1. The summed E-state index contributed by atoms with van der Waals surface area (Å²) >= 11 is 0. The van der Waals surface area contributed by atoms with Crippen LogP contribution in [0.5, 0.6) is 0 Å². The maximum absolute atomic E-state index is 5.43. The molecule has 0 amide bonds. The number of hydrogen-bond donors (Lipinski definition) is 0. The molecule has 0 unspecified atom stereocenters. The first kappa shape index (κ1) is 15.8. The minimum atomic E-state index is 0.949. The maximum atomic E-state index is 5.43.